The lowest BCUT2D eigenvalue weighted by molar-refractivity contribution is -0.153. The molecule has 0 radical (unpaired) electrons. The molecule has 2 rings (SSSR count). The molecule has 0 spiro atoms. The van der Waals surface area contributed by atoms with E-state index in [0.29, 0.717) is 6.42 Å². The number of hydrogen-bond donors (Lipinski definition) is 0. The molecule has 22 heavy (non-hydrogen) atoms. The molecule has 1 aromatic carbocycles. The number of Topliss-reactive ketones (excluding diaryl/α,β-unsaturated/α-hetero) is 1. The fraction of sp³-hybridized carbons (Fsp3) is 0.471. The number of halogens is 1. The Bertz CT molecular complexity index is 610. The van der Waals surface area contributed by atoms with Crippen LogP contribution in [0.15, 0.2) is 33.9 Å². The summed E-state index contributed by atoms with van der Waals surface area (Å²) in [6.45, 7) is 5.68. The average molecular weight is 366 g/mol. The van der Waals surface area contributed by atoms with Gasteiger partial charge in [0.2, 0.25) is 0 Å². The van der Waals surface area contributed by atoms with Gasteiger partial charge in [0.05, 0.1) is 12.6 Å². The molecule has 1 aliphatic rings. The maximum atomic E-state index is 11.9. The summed E-state index contributed by atoms with van der Waals surface area (Å²) in [5.41, 5.74) is 0.702. The van der Waals surface area contributed by atoms with Crippen molar-refractivity contribution in [2.24, 2.45) is 22.4 Å². The lowest BCUT2D eigenvalue weighted by Gasteiger charge is -2.50. The zero-order chi connectivity index (χ0) is 16.3. The third kappa shape index (κ3) is 3.64. The number of carbonyl (C=O) groups excluding carboxylic acids is 2. The second-order valence-electron chi connectivity index (χ2n) is 6.34. The van der Waals surface area contributed by atoms with Crippen LogP contribution >= 0.6 is 15.9 Å². The van der Waals surface area contributed by atoms with Crippen LogP contribution in [0.2, 0.25) is 0 Å². The van der Waals surface area contributed by atoms with Gasteiger partial charge in [-0.3, -0.25) is 4.79 Å². The molecule has 1 fully saturated rings. The van der Waals surface area contributed by atoms with Gasteiger partial charge in [-0.15, -0.1) is 0 Å². The molecular formula is C17H20BrNO3. The van der Waals surface area contributed by atoms with Crippen molar-refractivity contribution in [3.8, 4) is 0 Å². The van der Waals surface area contributed by atoms with Crippen LogP contribution in [0.5, 0.6) is 0 Å². The lowest BCUT2D eigenvalue weighted by Crippen LogP contribution is -2.48. The van der Waals surface area contributed by atoms with Crippen LogP contribution in [0.1, 0.15) is 39.2 Å². The summed E-state index contributed by atoms with van der Waals surface area (Å²) in [6.07, 6.45) is 2.56. The van der Waals surface area contributed by atoms with Crippen molar-refractivity contribution < 1.29 is 14.4 Å². The molecule has 0 amide bonds. The highest BCUT2D eigenvalue weighted by atomic mass is 79.9. The Morgan fingerprint density at radius 2 is 2.09 bits per heavy atom. The van der Waals surface area contributed by atoms with E-state index >= 15 is 0 Å². The van der Waals surface area contributed by atoms with E-state index in [9.17, 15) is 9.59 Å². The van der Waals surface area contributed by atoms with Gasteiger partial charge in [0.25, 0.3) is 0 Å². The Labute approximate surface area is 139 Å². The molecule has 5 heteroatoms. The normalized spacial score (nSPS) is 23.1. The second kappa shape index (κ2) is 6.73. The van der Waals surface area contributed by atoms with Gasteiger partial charge in [0, 0.05) is 16.0 Å². The highest BCUT2D eigenvalue weighted by molar-refractivity contribution is 9.10. The van der Waals surface area contributed by atoms with E-state index in [4.69, 9.17) is 4.84 Å². The summed E-state index contributed by atoms with van der Waals surface area (Å²) >= 11 is 3.40. The molecule has 0 saturated heterocycles. The van der Waals surface area contributed by atoms with Gasteiger partial charge in [-0.2, -0.15) is 0 Å². The van der Waals surface area contributed by atoms with E-state index < -0.39 is 0 Å². The lowest BCUT2D eigenvalue weighted by atomic mass is 9.53. The van der Waals surface area contributed by atoms with E-state index in [1.165, 1.54) is 6.21 Å². The van der Waals surface area contributed by atoms with E-state index in [1.54, 1.807) is 6.92 Å². The van der Waals surface area contributed by atoms with Gasteiger partial charge >= 0.3 is 5.97 Å². The summed E-state index contributed by atoms with van der Waals surface area (Å²) in [5.74, 6) is 0.0617. The number of rotatable bonds is 5. The van der Waals surface area contributed by atoms with Crippen LogP contribution in [0.25, 0.3) is 0 Å². The number of oxime groups is 1. The molecule has 118 valence electrons. The molecule has 1 aromatic rings. The highest BCUT2D eigenvalue weighted by Crippen LogP contribution is 2.53. The quantitative estimate of drug-likeness (QED) is 0.450. The summed E-state index contributed by atoms with van der Waals surface area (Å²) in [7, 11) is 0. The van der Waals surface area contributed by atoms with Crippen molar-refractivity contribution in [3.63, 3.8) is 0 Å². The van der Waals surface area contributed by atoms with E-state index in [0.717, 1.165) is 16.5 Å². The van der Waals surface area contributed by atoms with Gasteiger partial charge in [0.15, 0.2) is 0 Å². The zero-order valence-corrected chi connectivity index (χ0v) is 14.6. The Morgan fingerprint density at radius 1 is 1.41 bits per heavy atom. The molecule has 0 heterocycles. The molecule has 0 aliphatic heterocycles. The van der Waals surface area contributed by atoms with E-state index in [1.807, 2.05) is 38.1 Å². The number of benzene rings is 1. The fourth-order valence-electron chi connectivity index (χ4n) is 3.01. The highest BCUT2D eigenvalue weighted by Gasteiger charge is 2.50. The first-order valence-corrected chi connectivity index (χ1v) is 8.10. The number of carbonyl (C=O) groups is 2. The van der Waals surface area contributed by atoms with Crippen LogP contribution in [-0.2, 0) is 14.4 Å². The van der Waals surface area contributed by atoms with Crippen molar-refractivity contribution >= 4 is 33.9 Å². The topological polar surface area (TPSA) is 55.7 Å². The minimum atomic E-state index is -0.358. The Balaban J connectivity index is 1.85. The van der Waals surface area contributed by atoms with E-state index in [2.05, 4.69) is 21.1 Å². The van der Waals surface area contributed by atoms with Crippen LogP contribution in [-0.4, -0.2) is 18.0 Å². The Morgan fingerprint density at radius 3 is 2.68 bits per heavy atom. The maximum Gasteiger partial charge on any atom is 0.335 e. The zero-order valence-electron chi connectivity index (χ0n) is 13.0. The van der Waals surface area contributed by atoms with Crippen molar-refractivity contribution in [2.75, 3.05) is 0 Å². The van der Waals surface area contributed by atoms with Crippen LogP contribution in [0, 0.1) is 17.3 Å². The smallest absolute Gasteiger partial charge is 0.318 e. The summed E-state index contributed by atoms with van der Waals surface area (Å²) in [4.78, 5) is 28.3. The predicted molar refractivity (Wildman–Crippen MR) is 88.5 cm³/mol. The van der Waals surface area contributed by atoms with E-state index in [-0.39, 0.29) is 29.0 Å². The molecular weight excluding hydrogens is 346 g/mol. The van der Waals surface area contributed by atoms with Gasteiger partial charge < -0.3 is 4.84 Å². The summed E-state index contributed by atoms with van der Waals surface area (Å²) in [5, 5.41) is 3.74. The first-order valence-electron chi connectivity index (χ1n) is 7.30. The molecule has 1 saturated carbocycles. The molecule has 0 N–H and O–H groups in total. The molecule has 2 atom stereocenters. The number of ketones is 1. The number of nitrogens with zero attached hydrogens (tertiary/aromatic N) is 1. The summed E-state index contributed by atoms with van der Waals surface area (Å²) in [6, 6.07) is 7.54. The minimum Gasteiger partial charge on any atom is -0.318 e. The Hall–Kier alpha value is -1.49. The molecule has 1 aliphatic carbocycles. The molecule has 0 bridgehead atoms. The molecule has 4 nitrogen and oxygen atoms in total. The van der Waals surface area contributed by atoms with Gasteiger partial charge in [-0.1, -0.05) is 53.1 Å². The average Bonchev–Trinajstić information content (AvgIpc) is 2.44. The maximum absolute atomic E-state index is 11.9. The van der Waals surface area contributed by atoms with Gasteiger partial charge in [-0.25, -0.2) is 4.79 Å². The largest absolute Gasteiger partial charge is 0.335 e. The van der Waals surface area contributed by atoms with Crippen molar-refractivity contribution in [1.29, 1.82) is 0 Å². The third-order valence-corrected chi connectivity index (χ3v) is 5.35. The first-order chi connectivity index (χ1) is 10.3. The molecule has 0 aromatic heterocycles. The first kappa shape index (κ1) is 16.9. The standard InChI is InChI=1S/C17H20BrNO3/c1-11(20)14-8-13(17(14,2)3)9-16(21)22-19-10-12-6-4-5-7-15(12)18/h4-7,10,13-14H,8-9H2,1-3H3/t13-,14+/m0/s1. The predicted octanol–water partition coefficient (Wildman–Crippen LogP) is 3.97. The third-order valence-electron chi connectivity index (χ3n) is 4.63. The van der Waals surface area contributed by atoms with Crippen molar-refractivity contribution in [3.05, 3.63) is 34.3 Å². The monoisotopic (exact) mass is 365 g/mol. The van der Waals surface area contributed by atoms with Crippen LogP contribution in [0.4, 0.5) is 0 Å². The van der Waals surface area contributed by atoms with Crippen LogP contribution in [0.3, 0.4) is 0 Å². The molecule has 0 unspecified atom stereocenters. The van der Waals surface area contributed by atoms with Gasteiger partial charge in [0.1, 0.15) is 5.78 Å². The Kier molecular flexibility index (Phi) is 5.16. The fourth-order valence-corrected chi connectivity index (χ4v) is 3.40. The van der Waals surface area contributed by atoms with Crippen LogP contribution < -0.4 is 0 Å². The van der Waals surface area contributed by atoms with Gasteiger partial charge in [-0.05, 0) is 30.7 Å². The van der Waals surface area contributed by atoms with Crippen molar-refractivity contribution in [2.45, 2.75) is 33.6 Å². The number of hydrogen-bond acceptors (Lipinski definition) is 4. The second-order valence-corrected chi connectivity index (χ2v) is 7.20. The minimum absolute atomic E-state index is 0.0501. The SMILES string of the molecule is CC(=O)[C@H]1C[C@@H](CC(=O)ON=Cc2ccccc2Br)C1(C)C. The van der Waals surface area contributed by atoms with Crippen molar-refractivity contribution in [1.82, 2.24) is 0 Å². The summed E-state index contributed by atoms with van der Waals surface area (Å²) < 4.78 is 0.888.